The summed E-state index contributed by atoms with van der Waals surface area (Å²) < 4.78 is 4.84. The van der Waals surface area contributed by atoms with Crippen molar-refractivity contribution < 1.29 is 14.6 Å². The van der Waals surface area contributed by atoms with E-state index in [4.69, 9.17) is 9.84 Å². The van der Waals surface area contributed by atoms with Crippen LogP contribution in [0.15, 0.2) is 12.7 Å². The summed E-state index contributed by atoms with van der Waals surface area (Å²) in [5.74, 6) is -0.245. The Bertz CT molecular complexity index is 141. The highest BCUT2D eigenvalue weighted by atomic mass is 16.5. The lowest BCUT2D eigenvalue weighted by Gasteiger charge is -2.15. The van der Waals surface area contributed by atoms with Crippen LogP contribution in [0.2, 0.25) is 0 Å². The number of carbonyl (C=O) groups excluding carboxylic acids is 1. The van der Waals surface area contributed by atoms with Crippen molar-refractivity contribution in [2.45, 2.75) is 12.5 Å². The second kappa shape index (κ2) is 6.82. The first kappa shape index (κ1) is 11.1. The van der Waals surface area contributed by atoms with Gasteiger partial charge >= 0.3 is 0 Å². The first-order valence-corrected chi connectivity index (χ1v) is 3.77. The Morgan fingerprint density at radius 3 is 2.92 bits per heavy atom. The fraction of sp³-hybridized carbons (Fsp3) is 0.625. The van der Waals surface area contributed by atoms with Crippen LogP contribution in [0.3, 0.4) is 0 Å². The number of aliphatic hydroxyl groups excluding tert-OH is 1. The van der Waals surface area contributed by atoms with Gasteiger partial charge in [-0.2, -0.15) is 0 Å². The van der Waals surface area contributed by atoms with Crippen LogP contribution in [-0.2, 0) is 9.53 Å². The van der Waals surface area contributed by atoms with Gasteiger partial charge in [0.25, 0.3) is 0 Å². The Hall–Kier alpha value is -0.870. The lowest BCUT2D eigenvalue weighted by atomic mass is 10.2. The van der Waals surface area contributed by atoms with E-state index in [9.17, 15) is 4.79 Å². The zero-order chi connectivity index (χ0) is 9.40. The van der Waals surface area contributed by atoms with E-state index in [0.29, 0.717) is 13.0 Å². The summed E-state index contributed by atoms with van der Waals surface area (Å²) in [6, 6.07) is -0.134. The summed E-state index contributed by atoms with van der Waals surface area (Å²) in [4.78, 5) is 10.8. The number of methoxy groups -OCH3 is 1. The number of hydrogen-bond acceptors (Lipinski definition) is 3. The van der Waals surface area contributed by atoms with Gasteiger partial charge in [0, 0.05) is 13.7 Å². The highest BCUT2D eigenvalue weighted by Gasteiger charge is 2.08. The van der Waals surface area contributed by atoms with Crippen LogP contribution in [0.5, 0.6) is 0 Å². The van der Waals surface area contributed by atoms with Crippen molar-refractivity contribution in [3.63, 3.8) is 0 Å². The van der Waals surface area contributed by atoms with E-state index in [0.717, 1.165) is 0 Å². The third-order valence-corrected chi connectivity index (χ3v) is 1.38. The molecule has 0 aliphatic rings. The van der Waals surface area contributed by atoms with Crippen LogP contribution < -0.4 is 5.32 Å². The lowest BCUT2D eigenvalue weighted by molar-refractivity contribution is -0.117. The molecule has 0 saturated heterocycles. The van der Waals surface area contributed by atoms with E-state index in [-0.39, 0.29) is 18.6 Å². The number of carbonyl (C=O) groups is 1. The molecule has 1 amide bonds. The second-order valence-electron chi connectivity index (χ2n) is 2.38. The summed E-state index contributed by atoms with van der Waals surface area (Å²) in [6.07, 6.45) is 1.69. The molecule has 1 unspecified atom stereocenters. The quantitative estimate of drug-likeness (QED) is 0.541. The van der Waals surface area contributed by atoms with Crippen molar-refractivity contribution in [3.8, 4) is 0 Å². The molecule has 4 nitrogen and oxygen atoms in total. The maximum absolute atomic E-state index is 10.8. The Kier molecular flexibility index (Phi) is 6.32. The van der Waals surface area contributed by atoms with Crippen LogP contribution in [0.25, 0.3) is 0 Å². The molecule has 0 aromatic heterocycles. The normalized spacial score (nSPS) is 12.2. The largest absolute Gasteiger partial charge is 0.396 e. The van der Waals surface area contributed by atoms with E-state index < -0.39 is 0 Å². The van der Waals surface area contributed by atoms with Gasteiger partial charge < -0.3 is 15.2 Å². The summed E-state index contributed by atoms with van der Waals surface area (Å²) in [6.45, 7) is 3.75. The molecule has 0 aliphatic heterocycles. The number of ether oxygens (including phenoxy) is 1. The van der Waals surface area contributed by atoms with Gasteiger partial charge in [0.05, 0.1) is 12.6 Å². The van der Waals surface area contributed by atoms with Crippen LogP contribution in [0.4, 0.5) is 0 Å². The van der Waals surface area contributed by atoms with Crippen molar-refractivity contribution in [3.05, 3.63) is 12.7 Å². The Morgan fingerprint density at radius 1 is 1.83 bits per heavy atom. The molecule has 70 valence electrons. The summed E-state index contributed by atoms with van der Waals surface area (Å²) in [5, 5.41) is 11.2. The van der Waals surface area contributed by atoms with Gasteiger partial charge in [-0.15, -0.1) is 0 Å². The molecule has 0 heterocycles. The van der Waals surface area contributed by atoms with E-state index in [1.54, 1.807) is 7.11 Å². The minimum atomic E-state index is -0.245. The molecule has 4 heteroatoms. The van der Waals surface area contributed by atoms with Gasteiger partial charge in [0.15, 0.2) is 0 Å². The molecule has 0 rings (SSSR count). The van der Waals surface area contributed by atoms with Gasteiger partial charge in [0.2, 0.25) is 5.91 Å². The molecule has 0 aromatic carbocycles. The SMILES string of the molecule is C=CC(=O)NC(CCO)COC. The molecule has 0 saturated carbocycles. The van der Waals surface area contributed by atoms with E-state index >= 15 is 0 Å². The molecule has 0 aliphatic carbocycles. The maximum Gasteiger partial charge on any atom is 0.243 e. The molecular formula is C8H15NO3. The van der Waals surface area contributed by atoms with E-state index in [2.05, 4.69) is 11.9 Å². The first-order valence-electron chi connectivity index (χ1n) is 3.77. The first-order chi connectivity index (χ1) is 5.74. The van der Waals surface area contributed by atoms with Gasteiger partial charge in [-0.25, -0.2) is 0 Å². The van der Waals surface area contributed by atoms with Gasteiger partial charge in [-0.1, -0.05) is 6.58 Å². The zero-order valence-corrected chi connectivity index (χ0v) is 7.25. The number of nitrogens with one attached hydrogen (secondary N) is 1. The highest BCUT2D eigenvalue weighted by Crippen LogP contribution is 1.91. The van der Waals surface area contributed by atoms with Crippen LogP contribution >= 0.6 is 0 Å². The smallest absolute Gasteiger partial charge is 0.243 e. The van der Waals surface area contributed by atoms with Gasteiger partial charge in [-0.05, 0) is 12.5 Å². The number of rotatable bonds is 6. The molecule has 0 bridgehead atoms. The Labute approximate surface area is 72.2 Å². The highest BCUT2D eigenvalue weighted by molar-refractivity contribution is 5.87. The minimum Gasteiger partial charge on any atom is -0.396 e. The average molecular weight is 173 g/mol. The molecule has 2 N–H and O–H groups in total. The van der Waals surface area contributed by atoms with Crippen LogP contribution in [0.1, 0.15) is 6.42 Å². The van der Waals surface area contributed by atoms with Crippen LogP contribution in [0, 0.1) is 0 Å². The predicted octanol–water partition coefficient (Wildman–Crippen LogP) is -0.314. The molecule has 0 radical (unpaired) electrons. The Balaban J connectivity index is 3.76. The summed E-state index contributed by atoms with van der Waals surface area (Å²) >= 11 is 0. The third kappa shape index (κ3) is 4.87. The summed E-state index contributed by atoms with van der Waals surface area (Å²) in [5.41, 5.74) is 0. The standard InChI is InChI=1S/C8H15NO3/c1-3-8(11)9-7(4-5-10)6-12-2/h3,7,10H,1,4-6H2,2H3,(H,9,11). The van der Waals surface area contributed by atoms with Crippen molar-refractivity contribution in [1.29, 1.82) is 0 Å². The van der Waals surface area contributed by atoms with Crippen molar-refractivity contribution >= 4 is 5.91 Å². The van der Waals surface area contributed by atoms with Crippen molar-refractivity contribution in [1.82, 2.24) is 5.32 Å². The Morgan fingerprint density at radius 2 is 2.50 bits per heavy atom. The molecule has 1 atom stereocenters. The molecule has 0 aromatic rings. The topological polar surface area (TPSA) is 58.6 Å². The lowest BCUT2D eigenvalue weighted by Crippen LogP contribution is -2.37. The molecule has 0 fully saturated rings. The second-order valence-corrected chi connectivity index (χ2v) is 2.38. The fourth-order valence-corrected chi connectivity index (χ4v) is 0.814. The maximum atomic E-state index is 10.8. The van der Waals surface area contributed by atoms with Crippen LogP contribution in [-0.4, -0.2) is 37.4 Å². The third-order valence-electron chi connectivity index (χ3n) is 1.38. The molecule has 12 heavy (non-hydrogen) atoms. The minimum absolute atomic E-state index is 0.0332. The number of aliphatic hydroxyl groups is 1. The average Bonchev–Trinajstić information content (AvgIpc) is 2.05. The van der Waals surface area contributed by atoms with E-state index in [1.807, 2.05) is 0 Å². The molecule has 0 spiro atoms. The predicted molar refractivity (Wildman–Crippen MR) is 45.7 cm³/mol. The number of amides is 1. The van der Waals surface area contributed by atoms with Crippen molar-refractivity contribution in [2.24, 2.45) is 0 Å². The monoisotopic (exact) mass is 173 g/mol. The van der Waals surface area contributed by atoms with Gasteiger partial charge in [-0.3, -0.25) is 4.79 Å². The molecular weight excluding hydrogens is 158 g/mol. The van der Waals surface area contributed by atoms with Crippen molar-refractivity contribution in [2.75, 3.05) is 20.3 Å². The number of hydrogen-bond donors (Lipinski definition) is 2. The summed E-state index contributed by atoms with van der Waals surface area (Å²) in [7, 11) is 1.55. The zero-order valence-electron chi connectivity index (χ0n) is 7.25. The van der Waals surface area contributed by atoms with Gasteiger partial charge in [0.1, 0.15) is 0 Å². The fourth-order valence-electron chi connectivity index (χ4n) is 0.814. The van der Waals surface area contributed by atoms with E-state index in [1.165, 1.54) is 6.08 Å².